The smallest absolute Gasteiger partial charge is 0.147 e. The van der Waals surface area contributed by atoms with Gasteiger partial charge in [-0.05, 0) is 33.4 Å². The first kappa shape index (κ1) is 23.6. The van der Waals surface area contributed by atoms with Gasteiger partial charge in [0.2, 0.25) is 0 Å². The second kappa shape index (κ2) is 13.2. The van der Waals surface area contributed by atoms with Crippen LogP contribution in [0.2, 0.25) is 0 Å². The SMILES string of the molecule is c1cc2cc(c1)COCOCc1cccc(c1)COCOCc1cccc(c1)COCOC2. The van der Waals surface area contributed by atoms with Gasteiger partial charge in [0.05, 0.1) is 39.6 Å². The van der Waals surface area contributed by atoms with Crippen LogP contribution in [-0.2, 0) is 68.1 Å². The predicted molar refractivity (Wildman–Crippen MR) is 123 cm³/mol. The Morgan fingerprint density at radius 2 is 0.545 bits per heavy atom. The van der Waals surface area contributed by atoms with Crippen molar-refractivity contribution in [3.05, 3.63) is 106 Å². The highest BCUT2D eigenvalue weighted by atomic mass is 16.7. The second-order valence-corrected chi connectivity index (χ2v) is 7.90. The van der Waals surface area contributed by atoms with Gasteiger partial charge in [0.15, 0.2) is 0 Å². The van der Waals surface area contributed by atoms with Crippen molar-refractivity contribution in [1.82, 2.24) is 0 Å². The van der Waals surface area contributed by atoms with Gasteiger partial charge in [-0.2, -0.15) is 0 Å². The summed E-state index contributed by atoms with van der Waals surface area (Å²) in [5.74, 6) is 0. The maximum Gasteiger partial charge on any atom is 0.147 e. The number of benzene rings is 3. The molecule has 0 atom stereocenters. The minimum Gasteiger partial charge on any atom is -0.351 e. The average Bonchev–Trinajstić information content (AvgIpc) is 2.84. The fourth-order valence-electron chi connectivity index (χ4n) is 3.56. The first-order chi connectivity index (χ1) is 16.3. The number of ether oxygens (including phenoxy) is 6. The molecule has 0 unspecified atom stereocenters. The van der Waals surface area contributed by atoms with E-state index in [2.05, 4.69) is 18.2 Å². The van der Waals surface area contributed by atoms with E-state index in [1.807, 2.05) is 54.6 Å². The lowest BCUT2D eigenvalue weighted by Gasteiger charge is -2.11. The molecular formula is C27H30O6. The van der Waals surface area contributed by atoms with Gasteiger partial charge in [-0.1, -0.05) is 72.8 Å². The zero-order chi connectivity index (χ0) is 22.6. The summed E-state index contributed by atoms with van der Waals surface area (Å²) < 4.78 is 34.0. The third-order valence-electron chi connectivity index (χ3n) is 5.09. The van der Waals surface area contributed by atoms with Gasteiger partial charge < -0.3 is 28.4 Å². The lowest BCUT2D eigenvalue weighted by Crippen LogP contribution is -2.04. The van der Waals surface area contributed by atoms with Gasteiger partial charge >= 0.3 is 0 Å². The monoisotopic (exact) mass is 450 g/mol. The molecule has 0 N–H and O–H groups in total. The van der Waals surface area contributed by atoms with Crippen LogP contribution in [0, 0.1) is 0 Å². The van der Waals surface area contributed by atoms with Gasteiger partial charge in [-0.25, -0.2) is 0 Å². The molecule has 0 saturated carbocycles. The fourth-order valence-corrected chi connectivity index (χ4v) is 3.56. The summed E-state index contributed by atoms with van der Waals surface area (Å²) in [7, 11) is 0. The summed E-state index contributed by atoms with van der Waals surface area (Å²) in [5, 5.41) is 0. The number of fused-ring (bicyclic) bond motifs is 6. The highest BCUT2D eigenvalue weighted by molar-refractivity contribution is 5.24. The van der Waals surface area contributed by atoms with Crippen molar-refractivity contribution in [2.45, 2.75) is 39.6 Å². The van der Waals surface area contributed by atoms with Crippen LogP contribution in [0.3, 0.4) is 0 Å². The van der Waals surface area contributed by atoms with Gasteiger partial charge in [0, 0.05) is 0 Å². The molecule has 0 aromatic heterocycles. The minimum atomic E-state index is 0.225. The van der Waals surface area contributed by atoms with Gasteiger partial charge in [-0.15, -0.1) is 0 Å². The van der Waals surface area contributed by atoms with Gasteiger partial charge in [0.25, 0.3) is 0 Å². The standard InChI is InChI=1S/C27H30O6/c1-4-22-10-23(5-1)14-29-20-31-16-25-7-3-9-27(12-25)18-33-21-32-17-26-8-2-6-24(11-26)15-30-19-28-13-22/h1-12H,13-21H2. The fraction of sp³-hybridized carbons (Fsp3) is 0.333. The average molecular weight is 451 g/mol. The van der Waals surface area contributed by atoms with Crippen molar-refractivity contribution in [2.24, 2.45) is 0 Å². The molecule has 0 saturated heterocycles. The molecule has 1 aliphatic rings. The lowest BCUT2D eigenvalue weighted by atomic mass is 10.1. The van der Waals surface area contributed by atoms with E-state index in [1.165, 1.54) is 0 Å². The number of hydrogen-bond donors (Lipinski definition) is 0. The van der Waals surface area contributed by atoms with E-state index in [0.29, 0.717) is 39.6 Å². The highest BCUT2D eigenvalue weighted by Gasteiger charge is 2.02. The Kier molecular flexibility index (Phi) is 9.43. The molecule has 6 bridgehead atoms. The third kappa shape index (κ3) is 8.37. The summed E-state index contributed by atoms with van der Waals surface area (Å²) in [6.45, 7) is 3.56. The first-order valence-corrected chi connectivity index (χ1v) is 11.0. The second-order valence-electron chi connectivity index (χ2n) is 7.90. The number of rotatable bonds is 0. The Labute approximate surface area is 195 Å². The van der Waals surface area contributed by atoms with Gasteiger partial charge in [-0.3, -0.25) is 0 Å². The van der Waals surface area contributed by atoms with Crippen molar-refractivity contribution in [1.29, 1.82) is 0 Å². The van der Waals surface area contributed by atoms with Crippen LogP contribution in [-0.4, -0.2) is 20.4 Å². The molecule has 33 heavy (non-hydrogen) atoms. The largest absolute Gasteiger partial charge is 0.351 e. The van der Waals surface area contributed by atoms with E-state index < -0.39 is 0 Å². The Hall–Kier alpha value is -2.58. The van der Waals surface area contributed by atoms with E-state index in [1.54, 1.807) is 0 Å². The molecule has 4 rings (SSSR count). The molecular weight excluding hydrogens is 420 g/mol. The van der Waals surface area contributed by atoms with Crippen LogP contribution in [0.5, 0.6) is 0 Å². The van der Waals surface area contributed by atoms with Crippen molar-refractivity contribution < 1.29 is 28.4 Å². The summed E-state index contributed by atoms with van der Waals surface area (Å²) in [6, 6.07) is 24.4. The van der Waals surface area contributed by atoms with E-state index in [0.717, 1.165) is 33.4 Å². The molecule has 0 aliphatic carbocycles. The van der Waals surface area contributed by atoms with Crippen LogP contribution in [0.25, 0.3) is 0 Å². The van der Waals surface area contributed by atoms with Crippen LogP contribution in [0.4, 0.5) is 0 Å². The Morgan fingerprint density at radius 3 is 0.758 bits per heavy atom. The molecule has 6 nitrogen and oxygen atoms in total. The molecule has 0 fully saturated rings. The molecule has 6 heteroatoms. The topological polar surface area (TPSA) is 55.4 Å². The van der Waals surface area contributed by atoms with E-state index >= 15 is 0 Å². The molecule has 0 radical (unpaired) electrons. The molecule has 0 amide bonds. The Bertz CT molecular complexity index is 799. The molecule has 0 spiro atoms. The van der Waals surface area contributed by atoms with E-state index in [-0.39, 0.29) is 20.4 Å². The van der Waals surface area contributed by atoms with Crippen LogP contribution in [0.1, 0.15) is 33.4 Å². The van der Waals surface area contributed by atoms with Crippen molar-refractivity contribution in [3.8, 4) is 0 Å². The third-order valence-corrected chi connectivity index (χ3v) is 5.09. The van der Waals surface area contributed by atoms with E-state index in [9.17, 15) is 0 Å². The van der Waals surface area contributed by atoms with E-state index in [4.69, 9.17) is 28.4 Å². The lowest BCUT2D eigenvalue weighted by molar-refractivity contribution is -0.0715. The first-order valence-electron chi connectivity index (χ1n) is 11.0. The Morgan fingerprint density at radius 1 is 0.333 bits per heavy atom. The zero-order valence-electron chi connectivity index (χ0n) is 18.7. The predicted octanol–water partition coefficient (Wildman–Crippen LogP) is 5.07. The van der Waals surface area contributed by atoms with Crippen LogP contribution in [0.15, 0.2) is 72.8 Å². The Balaban J connectivity index is 1.36. The zero-order valence-corrected chi connectivity index (χ0v) is 18.7. The highest BCUT2D eigenvalue weighted by Crippen LogP contribution is 2.12. The maximum absolute atomic E-state index is 5.67. The van der Waals surface area contributed by atoms with Crippen LogP contribution >= 0.6 is 0 Å². The summed E-state index contributed by atoms with van der Waals surface area (Å²) >= 11 is 0. The maximum atomic E-state index is 5.67. The van der Waals surface area contributed by atoms with Crippen molar-refractivity contribution >= 4 is 0 Å². The molecule has 3 aromatic rings. The minimum absolute atomic E-state index is 0.225. The summed E-state index contributed by atoms with van der Waals surface area (Å²) in [5.41, 5.74) is 6.46. The van der Waals surface area contributed by atoms with Gasteiger partial charge in [0.1, 0.15) is 20.4 Å². The van der Waals surface area contributed by atoms with Crippen molar-refractivity contribution in [2.75, 3.05) is 20.4 Å². The molecule has 1 aliphatic heterocycles. The quantitative estimate of drug-likeness (QED) is 0.477. The number of hydrogen-bond acceptors (Lipinski definition) is 6. The normalized spacial score (nSPS) is 17.1. The summed E-state index contributed by atoms with van der Waals surface area (Å²) in [6.07, 6.45) is 0. The molecule has 174 valence electrons. The van der Waals surface area contributed by atoms with Crippen LogP contribution < -0.4 is 0 Å². The summed E-state index contributed by atoms with van der Waals surface area (Å²) in [4.78, 5) is 0. The molecule has 3 aromatic carbocycles. The van der Waals surface area contributed by atoms with Crippen molar-refractivity contribution in [3.63, 3.8) is 0 Å². The molecule has 1 heterocycles.